The van der Waals surface area contributed by atoms with E-state index in [1.54, 1.807) is 6.26 Å². The number of sulfonamides is 1. The molecule has 144 valence electrons. The van der Waals surface area contributed by atoms with Crippen LogP contribution in [0.5, 0.6) is 5.75 Å². The molecule has 1 amide bonds. The molecular formula is C14H16F3N3O4S2. The van der Waals surface area contributed by atoms with E-state index in [9.17, 15) is 26.4 Å². The van der Waals surface area contributed by atoms with Crippen LogP contribution in [0.25, 0.3) is 0 Å². The molecule has 0 saturated heterocycles. The zero-order valence-electron chi connectivity index (χ0n) is 13.5. The minimum atomic E-state index is -4.89. The number of ether oxygens (including phenoxy) is 1. The van der Waals surface area contributed by atoms with Crippen molar-refractivity contribution in [2.24, 2.45) is 0 Å². The number of carbonyl (C=O) groups is 1. The molecule has 2 N–H and O–H groups in total. The second kappa shape index (κ2) is 9.65. The number of nitrogens with zero attached hydrogens (tertiary/aromatic N) is 1. The molecule has 0 radical (unpaired) electrons. The number of nitriles is 1. The Morgan fingerprint density at radius 2 is 1.96 bits per heavy atom. The molecule has 1 rings (SSSR count). The number of carbonyl (C=O) groups excluding carboxylic acids is 1. The SMILES string of the molecule is CSCC(NS(=O)(=O)c1ccc(OC(F)(F)F)cc1)C(=O)NCCC#N. The molecule has 0 heterocycles. The maximum Gasteiger partial charge on any atom is 0.573 e. The minimum Gasteiger partial charge on any atom is -0.406 e. The van der Waals surface area contributed by atoms with Crippen LogP contribution in [0.3, 0.4) is 0 Å². The third kappa shape index (κ3) is 7.51. The second-order valence-corrected chi connectivity index (χ2v) is 7.47. The first-order valence-corrected chi connectivity index (χ1v) is 9.98. The summed E-state index contributed by atoms with van der Waals surface area (Å²) < 4.78 is 66.9. The van der Waals surface area contributed by atoms with Crippen molar-refractivity contribution >= 4 is 27.7 Å². The van der Waals surface area contributed by atoms with E-state index in [4.69, 9.17) is 5.26 Å². The third-order valence-corrected chi connectivity index (χ3v) is 5.01. The lowest BCUT2D eigenvalue weighted by Gasteiger charge is -2.17. The second-order valence-electron chi connectivity index (χ2n) is 4.85. The van der Waals surface area contributed by atoms with Gasteiger partial charge in [-0.05, 0) is 30.5 Å². The van der Waals surface area contributed by atoms with E-state index in [2.05, 4.69) is 14.8 Å². The number of hydrogen-bond donors (Lipinski definition) is 2. The number of alkyl halides is 3. The fraction of sp³-hybridized carbons (Fsp3) is 0.429. The summed E-state index contributed by atoms with van der Waals surface area (Å²) in [7, 11) is -4.14. The van der Waals surface area contributed by atoms with Crippen LogP contribution in [0.15, 0.2) is 29.2 Å². The zero-order valence-corrected chi connectivity index (χ0v) is 15.2. The van der Waals surface area contributed by atoms with E-state index in [0.29, 0.717) is 0 Å². The summed E-state index contributed by atoms with van der Waals surface area (Å²) in [6, 6.07) is 4.34. The van der Waals surface area contributed by atoms with E-state index in [1.807, 2.05) is 6.07 Å². The number of benzene rings is 1. The van der Waals surface area contributed by atoms with Gasteiger partial charge in [-0.25, -0.2) is 8.42 Å². The number of halogens is 3. The summed E-state index contributed by atoms with van der Waals surface area (Å²) in [6.07, 6.45) is -3.14. The van der Waals surface area contributed by atoms with Gasteiger partial charge in [0.15, 0.2) is 0 Å². The summed E-state index contributed by atoms with van der Waals surface area (Å²) >= 11 is 1.22. The normalized spacial score (nSPS) is 12.9. The van der Waals surface area contributed by atoms with Crippen LogP contribution in [-0.2, 0) is 14.8 Å². The molecule has 0 saturated carbocycles. The van der Waals surface area contributed by atoms with Crippen molar-refractivity contribution in [3.05, 3.63) is 24.3 Å². The standard InChI is InChI=1S/C14H16F3N3O4S2/c1-25-9-12(13(21)19-8-2-7-18)20-26(22,23)11-5-3-10(4-6-11)24-14(15,16)17/h3-6,12,20H,2,8-9H2,1H3,(H,19,21). The van der Waals surface area contributed by atoms with Crippen LogP contribution in [-0.4, -0.2) is 45.3 Å². The number of rotatable bonds is 9. The molecule has 1 atom stereocenters. The topological polar surface area (TPSA) is 108 Å². The first kappa shape index (κ1) is 22.1. The molecule has 0 spiro atoms. The Balaban J connectivity index is 2.87. The van der Waals surface area contributed by atoms with Crippen LogP contribution in [0.2, 0.25) is 0 Å². The Kier molecular flexibility index (Phi) is 8.19. The van der Waals surface area contributed by atoms with Gasteiger partial charge in [-0.3, -0.25) is 4.79 Å². The van der Waals surface area contributed by atoms with Crippen LogP contribution in [0, 0.1) is 11.3 Å². The Bertz CT molecular complexity index is 746. The van der Waals surface area contributed by atoms with E-state index in [1.165, 1.54) is 11.8 Å². The highest BCUT2D eigenvalue weighted by atomic mass is 32.2. The van der Waals surface area contributed by atoms with Crippen molar-refractivity contribution in [2.45, 2.75) is 23.7 Å². The predicted octanol–water partition coefficient (Wildman–Crippen LogP) is 1.62. The van der Waals surface area contributed by atoms with Gasteiger partial charge >= 0.3 is 6.36 Å². The molecular weight excluding hydrogens is 395 g/mol. The lowest BCUT2D eigenvalue weighted by Crippen LogP contribution is -2.48. The van der Waals surface area contributed by atoms with Gasteiger partial charge in [-0.2, -0.15) is 21.7 Å². The summed E-state index contributed by atoms with van der Waals surface area (Å²) in [6.45, 7) is 0.0748. The molecule has 26 heavy (non-hydrogen) atoms. The van der Waals surface area contributed by atoms with Crippen molar-refractivity contribution < 1.29 is 31.1 Å². The molecule has 7 nitrogen and oxygen atoms in total. The largest absolute Gasteiger partial charge is 0.573 e. The number of hydrogen-bond acceptors (Lipinski definition) is 6. The lowest BCUT2D eigenvalue weighted by atomic mass is 10.3. The van der Waals surface area contributed by atoms with Crippen LogP contribution in [0.1, 0.15) is 6.42 Å². The average molecular weight is 411 g/mol. The number of thioether (sulfide) groups is 1. The van der Waals surface area contributed by atoms with E-state index in [-0.39, 0.29) is 23.6 Å². The summed E-state index contributed by atoms with van der Waals surface area (Å²) in [5, 5.41) is 10.9. The molecule has 1 unspecified atom stereocenters. The molecule has 0 aliphatic carbocycles. The highest BCUT2D eigenvalue weighted by Gasteiger charge is 2.31. The first-order valence-electron chi connectivity index (χ1n) is 7.11. The Hall–Kier alpha value is -1.97. The smallest absolute Gasteiger partial charge is 0.406 e. The molecule has 1 aromatic carbocycles. The number of nitrogens with one attached hydrogen (secondary N) is 2. The lowest BCUT2D eigenvalue weighted by molar-refractivity contribution is -0.274. The van der Waals surface area contributed by atoms with E-state index < -0.39 is 34.1 Å². The van der Waals surface area contributed by atoms with Gasteiger partial charge in [0.25, 0.3) is 0 Å². The molecule has 0 aliphatic rings. The monoisotopic (exact) mass is 411 g/mol. The summed E-state index contributed by atoms with van der Waals surface area (Å²) in [4.78, 5) is 11.7. The highest BCUT2D eigenvalue weighted by molar-refractivity contribution is 7.98. The molecule has 0 aromatic heterocycles. The van der Waals surface area contributed by atoms with E-state index >= 15 is 0 Å². The Morgan fingerprint density at radius 3 is 2.46 bits per heavy atom. The Labute approximate surface area is 152 Å². The molecule has 1 aromatic rings. The Morgan fingerprint density at radius 1 is 1.35 bits per heavy atom. The zero-order chi connectivity index (χ0) is 19.8. The maximum absolute atomic E-state index is 12.3. The van der Waals surface area contributed by atoms with Crippen molar-refractivity contribution in [3.8, 4) is 11.8 Å². The fourth-order valence-corrected chi connectivity index (χ4v) is 3.64. The van der Waals surface area contributed by atoms with Crippen molar-refractivity contribution in [1.29, 1.82) is 5.26 Å². The highest BCUT2D eigenvalue weighted by Crippen LogP contribution is 2.24. The van der Waals surface area contributed by atoms with Gasteiger partial charge in [0.2, 0.25) is 15.9 Å². The first-order chi connectivity index (χ1) is 12.1. The quantitative estimate of drug-likeness (QED) is 0.598. The molecule has 12 heteroatoms. The molecule has 0 fully saturated rings. The van der Waals surface area contributed by atoms with Gasteiger partial charge in [0, 0.05) is 12.3 Å². The molecule has 0 aliphatic heterocycles. The van der Waals surface area contributed by atoms with E-state index in [0.717, 1.165) is 24.3 Å². The van der Waals surface area contributed by atoms with Crippen molar-refractivity contribution in [3.63, 3.8) is 0 Å². The maximum atomic E-state index is 12.3. The van der Waals surface area contributed by atoms with Crippen molar-refractivity contribution in [2.75, 3.05) is 18.6 Å². The van der Waals surface area contributed by atoms with Gasteiger partial charge in [0.05, 0.1) is 17.4 Å². The van der Waals surface area contributed by atoms with Crippen molar-refractivity contribution in [1.82, 2.24) is 10.0 Å². The van der Waals surface area contributed by atoms with Crippen LogP contribution in [0.4, 0.5) is 13.2 Å². The fourth-order valence-electron chi connectivity index (χ4n) is 1.77. The minimum absolute atomic E-state index is 0.0745. The van der Waals surface area contributed by atoms with Gasteiger partial charge in [-0.15, -0.1) is 13.2 Å². The molecule has 0 bridgehead atoms. The summed E-state index contributed by atoms with van der Waals surface area (Å²) in [5.74, 6) is -1.03. The number of amides is 1. The predicted molar refractivity (Wildman–Crippen MR) is 88.9 cm³/mol. The van der Waals surface area contributed by atoms with Gasteiger partial charge in [0.1, 0.15) is 11.8 Å². The van der Waals surface area contributed by atoms with Gasteiger partial charge < -0.3 is 10.1 Å². The van der Waals surface area contributed by atoms with Crippen LogP contribution < -0.4 is 14.8 Å². The summed E-state index contributed by atoms with van der Waals surface area (Å²) in [5.41, 5.74) is 0. The van der Waals surface area contributed by atoms with Gasteiger partial charge in [-0.1, -0.05) is 0 Å². The van der Waals surface area contributed by atoms with Crippen LogP contribution >= 0.6 is 11.8 Å². The average Bonchev–Trinajstić information content (AvgIpc) is 2.53. The third-order valence-electron chi connectivity index (χ3n) is 2.85.